The van der Waals surface area contributed by atoms with E-state index in [4.69, 9.17) is 5.73 Å². The van der Waals surface area contributed by atoms with E-state index in [1.54, 1.807) is 6.07 Å². The van der Waals surface area contributed by atoms with E-state index in [2.05, 4.69) is 17.9 Å². The van der Waals surface area contributed by atoms with E-state index in [1.807, 2.05) is 0 Å². The van der Waals surface area contributed by atoms with Gasteiger partial charge < -0.3 is 5.73 Å². The second-order valence-corrected chi connectivity index (χ2v) is 4.38. The van der Waals surface area contributed by atoms with E-state index >= 15 is 0 Å². The van der Waals surface area contributed by atoms with Crippen molar-refractivity contribution in [3.05, 3.63) is 41.2 Å². The second kappa shape index (κ2) is 4.66. The van der Waals surface area contributed by atoms with Crippen molar-refractivity contribution >= 4 is 5.69 Å². The number of benzene rings is 1. The lowest BCUT2D eigenvalue weighted by Gasteiger charge is -2.25. The van der Waals surface area contributed by atoms with Crippen molar-refractivity contribution < 1.29 is 4.39 Å². The summed E-state index contributed by atoms with van der Waals surface area (Å²) in [5.41, 5.74) is 8.79. The minimum atomic E-state index is -0.268. The fraction of sp³-hybridized carbons (Fsp3) is 0.385. The Morgan fingerprint density at radius 2 is 2.25 bits per heavy atom. The monoisotopic (exact) mass is 220 g/mol. The van der Waals surface area contributed by atoms with Gasteiger partial charge in [0.1, 0.15) is 5.82 Å². The molecule has 0 bridgehead atoms. The summed E-state index contributed by atoms with van der Waals surface area (Å²) in [4.78, 5) is 2.32. The molecule has 0 aliphatic carbocycles. The van der Waals surface area contributed by atoms with E-state index in [9.17, 15) is 4.39 Å². The van der Waals surface area contributed by atoms with Gasteiger partial charge in [0.25, 0.3) is 0 Å². The predicted molar refractivity (Wildman–Crippen MR) is 64.5 cm³/mol. The molecule has 2 rings (SSSR count). The van der Waals surface area contributed by atoms with Gasteiger partial charge in [-0.3, -0.25) is 4.90 Å². The topological polar surface area (TPSA) is 29.3 Å². The van der Waals surface area contributed by atoms with E-state index in [0.29, 0.717) is 5.69 Å². The Hall–Kier alpha value is -1.35. The molecule has 0 saturated heterocycles. The van der Waals surface area contributed by atoms with Crippen LogP contribution in [0.2, 0.25) is 0 Å². The van der Waals surface area contributed by atoms with Crippen LogP contribution >= 0.6 is 0 Å². The fourth-order valence-electron chi connectivity index (χ4n) is 1.91. The largest absolute Gasteiger partial charge is 0.398 e. The van der Waals surface area contributed by atoms with Gasteiger partial charge >= 0.3 is 0 Å². The van der Waals surface area contributed by atoms with E-state index in [-0.39, 0.29) is 5.82 Å². The average Bonchev–Trinajstić information content (AvgIpc) is 2.25. The van der Waals surface area contributed by atoms with Gasteiger partial charge in [-0.05, 0) is 31.0 Å². The third-order valence-corrected chi connectivity index (χ3v) is 3.02. The van der Waals surface area contributed by atoms with Gasteiger partial charge in [-0.15, -0.1) is 0 Å². The summed E-state index contributed by atoms with van der Waals surface area (Å²) in [5, 5.41) is 0. The summed E-state index contributed by atoms with van der Waals surface area (Å²) < 4.78 is 12.9. The fourth-order valence-corrected chi connectivity index (χ4v) is 1.91. The van der Waals surface area contributed by atoms with Crippen molar-refractivity contribution in [2.24, 2.45) is 0 Å². The summed E-state index contributed by atoms with van der Waals surface area (Å²) in [7, 11) is 0. The van der Waals surface area contributed by atoms with Gasteiger partial charge in [0.2, 0.25) is 0 Å². The van der Waals surface area contributed by atoms with Crippen LogP contribution in [-0.2, 0) is 6.54 Å². The number of nitrogen functional groups attached to an aromatic ring is 1. The van der Waals surface area contributed by atoms with Crippen LogP contribution in [0.15, 0.2) is 29.8 Å². The lowest BCUT2D eigenvalue weighted by atomic mass is 10.1. The van der Waals surface area contributed by atoms with Crippen molar-refractivity contribution in [1.82, 2.24) is 4.90 Å². The normalized spacial score (nSPS) is 17.2. The Labute approximate surface area is 95.6 Å². The summed E-state index contributed by atoms with van der Waals surface area (Å²) in [5.74, 6) is -0.268. The summed E-state index contributed by atoms with van der Waals surface area (Å²) >= 11 is 0. The number of hydrogen-bond acceptors (Lipinski definition) is 2. The van der Waals surface area contributed by atoms with E-state index in [0.717, 1.165) is 31.6 Å². The van der Waals surface area contributed by atoms with Gasteiger partial charge in [-0.1, -0.05) is 17.7 Å². The minimum absolute atomic E-state index is 0.268. The van der Waals surface area contributed by atoms with Gasteiger partial charge in [-0.25, -0.2) is 4.39 Å². The molecule has 3 heteroatoms. The number of nitrogens with two attached hydrogens (primary N) is 1. The summed E-state index contributed by atoms with van der Waals surface area (Å²) in [6, 6.07) is 4.63. The first-order valence-corrected chi connectivity index (χ1v) is 5.57. The standard InChI is InChI=1S/C13H17FN2/c1-10-4-6-16(7-5-10)9-11-2-3-12(14)8-13(11)15/h2-4,8H,5-7,9,15H2,1H3. The summed E-state index contributed by atoms with van der Waals surface area (Å²) in [6.07, 6.45) is 3.35. The molecule has 1 aromatic carbocycles. The smallest absolute Gasteiger partial charge is 0.125 e. The number of anilines is 1. The zero-order valence-electron chi connectivity index (χ0n) is 9.54. The highest BCUT2D eigenvalue weighted by Crippen LogP contribution is 2.18. The molecule has 1 heterocycles. The lowest BCUT2D eigenvalue weighted by molar-refractivity contribution is 0.286. The second-order valence-electron chi connectivity index (χ2n) is 4.38. The molecule has 2 N–H and O–H groups in total. The van der Waals surface area contributed by atoms with E-state index in [1.165, 1.54) is 17.7 Å². The molecule has 1 aliphatic rings. The van der Waals surface area contributed by atoms with Gasteiger partial charge in [0.15, 0.2) is 0 Å². The molecule has 1 aromatic rings. The third-order valence-electron chi connectivity index (χ3n) is 3.02. The number of hydrogen-bond donors (Lipinski definition) is 1. The molecule has 1 aliphatic heterocycles. The van der Waals surface area contributed by atoms with Crippen molar-refractivity contribution in [2.45, 2.75) is 19.9 Å². The van der Waals surface area contributed by atoms with Crippen molar-refractivity contribution in [3.8, 4) is 0 Å². The maximum Gasteiger partial charge on any atom is 0.125 e. The van der Waals surface area contributed by atoms with Gasteiger partial charge in [0, 0.05) is 25.3 Å². The van der Waals surface area contributed by atoms with Gasteiger partial charge in [0.05, 0.1) is 0 Å². The highest BCUT2D eigenvalue weighted by atomic mass is 19.1. The molecule has 0 radical (unpaired) electrons. The lowest BCUT2D eigenvalue weighted by Crippen LogP contribution is -2.28. The van der Waals surface area contributed by atoms with Crippen LogP contribution in [0.4, 0.5) is 10.1 Å². The van der Waals surface area contributed by atoms with Crippen molar-refractivity contribution in [3.63, 3.8) is 0 Å². The van der Waals surface area contributed by atoms with Crippen LogP contribution in [-0.4, -0.2) is 18.0 Å². The molecule has 0 spiro atoms. The molecule has 2 nitrogen and oxygen atoms in total. The van der Waals surface area contributed by atoms with Crippen LogP contribution in [0, 0.1) is 5.82 Å². The molecular formula is C13H17FN2. The molecule has 0 saturated carbocycles. The highest BCUT2D eigenvalue weighted by molar-refractivity contribution is 5.46. The molecule has 86 valence electrons. The summed E-state index contributed by atoms with van der Waals surface area (Å²) in [6.45, 7) is 4.97. The van der Waals surface area contributed by atoms with Crippen LogP contribution in [0.5, 0.6) is 0 Å². The van der Waals surface area contributed by atoms with Crippen molar-refractivity contribution in [1.29, 1.82) is 0 Å². The van der Waals surface area contributed by atoms with Crippen LogP contribution in [0.3, 0.4) is 0 Å². The Morgan fingerprint density at radius 3 is 2.88 bits per heavy atom. The maximum atomic E-state index is 12.9. The first-order chi connectivity index (χ1) is 7.65. The molecule has 0 unspecified atom stereocenters. The van der Waals surface area contributed by atoms with Crippen LogP contribution in [0.1, 0.15) is 18.9 Å². The predicted octanol–water partition coefficient (Wildman–Crippen LogP) is 2.56. The third kappa shape index (κ3) is 2.61. The number of halogens is 1. The van der Waals surface area contributed by atoms with E-state index < -0.39 is 0 Å². The van der Waals surface area contributed by atoms with Crippen molar-refractivity contribution in [2.75, 3.05) is 18.8 Å². The average molecular weight is 220 g/mol. The minimum Gasteiger partial charge on any atom is -0.398 e. The molecule has 0 fully saturated rings. The SMILES string of the molecule is CC1=CCN(Cc2ccc(F)cc2N)CC1. The number of nitrogens with zero attached hydrogens (tertiary/aromatic N) is 1. The molecule has 0 atom stereocenters. The number of rotatable bonds is 2. The molecular weight excluding hydrogens is 203 g/mol. The maximum absolute atomic E-state index is 12.9. The Balaban J connectivity index is 2.04. The Morgan fingerprint density at radius 1 is 1.44 bits per heavy atom. The Kier molecular flexibility index (Phi) is 3.25. The first-order valence-electron chi connectivity index (χ1n) is 5.57. The first kappa shape index (κ1) is 11.1. The molecule has 16 heavy (non-hydrogen) atoms. The van der Waals surface area contributed by atoms with Gasteiger partial charge in [-0.2, -0.15) is 0 Å². The zero-order chi connectivity index (χ0) is 11.5. The zero-order valence-corrected chi connectivity index (χ0v) is 9.54. The highest BCUT2D eigenvalue weighted by Gasteiger charge is 2.11. The quantitative estimate of drug-likeness (QED) is 0.613. The van der Waals surface area contributed by atoms with Crippen LogP contribution < -0.4 is 5.73 Å². The van der Waals surface area contributed by atoms with Crippen LogP contribution in [0.25, 0.3) is 0 Å². The molecule has 0 amide bonds. The molecule has 0 aromatic heterocycles. The Bertz CT molecular complexity index is 412.